The van der Waals surface area contributed by atoms with Crippen LogP contribution in [0.3, 0.4) is 0 Å². The highest BCUT2D eigenvalue weighted by molar-refractivity contribution is 5.94. The SMILES string of the molecule is CCC(C)N(CC)C(=O)c1ccc(C#CCO)cc1F. The van der Waals surface area contributed by atoms with Crippen LogP contribution >= 0.6 is 0 Å². The van der Waals surface area contributed by atoms with E-state index in [4.69, 9.17) is 5.11 Å². The molecule has 1 rings (SSSR count). The summed E-state index contributed by atoms with van der Waals surface area (Å²) in [6, 6.07) is 4.33. The van der Waals surface area contributed by atoms with Crippen LogP contribution in [-0.2, 0) is 0 Å². The number of hydrogen-bond donors (Lipinski definition) is 1. The molecule has 4 heteroatoms. The number of hydrogen-bond acceptors (Lipinski definition) is 2. The average molecular weight is 277 g/mol. The second-order valence-corrected chi connectivity index (χ2v) is 4.50. The molecular weight excluding hydrogens is 257 g/mol. The van der Waals surface area contributed by atoms with Gasteiger partial charge >= 0.3 is 0 Å². The van der Waals surface area contributed by atoms with Crippen LogP contribution in [0.5, 0.6) is 0 Å². The molecule has 0 bridgehead atoms. The molecule has 1 aromatic carbocycles. The third-order valence-corrected chi connectivity index (χ3v) is 3.24. The number of aliphatic hydroxyl groups excluding tert-OH is 1. The summed E-state index contributed by atoms with van der Waals surface area (Å²) in [5, 5.41) is 8.60. The van der Waals surface area contributed by atoms with E-state index in [1.807, 2.05) is 20.8 Å². The number of amides is 1. The van der Waals surface area contributed by atoms with Crippen LogP contribution < -0.4 is 0 Å². The molecule has 1 atom stereocenters. The van der Waals surface area contributed by atoms with E-state index in [9.17, 15) is 9.18 Å². The lowest BCUT2D eigenvalue weighted by Gasteiger charge is -2.27. The Bertz CT molecular complexity index is 531. The smallest absolute Gasteiger partial charge is 0.257 e. The quantitative estimate of drug-likeness (QED) is 0.859. The first-order chi connectivity index (χ1) is 9.54. The van der Waals surface area contributed by atoms with E-state index in [2.05, 4.69) is 11.8 Å². The summed E-state index contributed by atoms with van der Waals surface area (Å²) in [6.45, 7) is 6.08. The van der Waals surface area contributed by atoms with Crippen molar-refractivity contribution in [1.29, 1.82) is 0 Å². The number of rotatable bonds is 4. The highest BCUT2D eigenvalue weighted by atomic mass is 19.1. The van der Waals surface area contributed by atoms with Gasteiger partial charge in [-0.25, -0.2) is 4.39 Å². The fourth-order valence-electron chi connectivity index (χ4n) is 1.94. The fourth-order valence-corrected chi connectivity index (χ4v) is 1.94. The normalized spacial score (nSPS) is 11.4. The maximum absolute atomic E-state index is 14.0. The van der Waals surface area contributed by atoms with Crippen molar-refractivity contribution >= 4 is 5.91 Å². The zero-order chi connectivity index (χ0) is 15.1. The molecule has 0 saturated heterocycles. The van der Waals surface area contributed by atoms with Gasteiger partial charge in [0.1, 0.15) is 12.4 Å². The van der Waals surface area contributed by atoms with Gasteiger partial charge in [-0.2, -0.15) is 0 Å². The molecule has 20 heavy (non-hydrogen) atoms. The van der Waals surface area contributed by atoms with E-state index in [1.54, 1.807) is 11.0 Å². The lowest BCUT2D eigenvalue weighted by Crippen LogP contribution is -2.38. The van der Waals surface area contributed by atoms with Crippen molar-refractivity contribution < 1.29 is 14.3 Å². The van der Waals surface area contributed by atoms with E-state index in [0.29, 0.717) is 12.1 Å². The van der Waals surface area contributed by atoms with Crippen LogP contribution in [0.15, 0.2) is 18.2 Å². The van der Waals surface area contributed by atoms with Crippen molar-refractivity contribution in [3.8, 4) is 11.8 Å². The highest BCUT2D eigenvalue weighted by Crippen LogP contribution is 2.15. The van der Waals surface area contributed by atoms with Crippen molar-refractivity contribution in [3.05, 3.63) is 35.1 Å². The summed E-state index contributed by atoms with van der Waals surface area (Å²) in [5.74, 6) is 4.17. The molecule has 0 radical (unpaired) electrons. The predicted octanol–water partition coefficient (Wildman–Crippen LogP) is 2.43. The Morgan fingerprint density at radius 1 is 1.45 bits per heavy atom. The molecule has 0 aromatic heterocycles. The molecule has 0 saturated carbocycles. The minimum Gasteiger partial charge on any atom is -0.384 e. The Morgan fingerprint density at radius 3 is 2.65 bits per heavy atom. The van der Waals surface area contributed by atoms with E-state index >= 15 is 0 Å². The van der Waals surface area contributed by atoms with Gasteiger partial charge in [0.2, 0.25) is 0 Å². The first kappa shape index (κ1) is 16.2. The number of carbonyl (C=O) groups excluding carboxylic acids is 1. The van der Waals surface area contributed by atoms with Gasteiger partial charge in [-0.15, -0.1) is 0 Å². The Labute approximate surface area is 119 Å². The number of carbonyl (C=O) groups is 1. The molecule has 1 unspecified atom stereocenters. The van der Waals surface area contributed by atoms with Crippen LogP contribution in [0.1, 0.15) is 43.1 Å². The number of benzene rings is 1. The van der Waals surface area contributed by atoms with Crippen molar-refractivity contribution in [1.82, 2.24) is 4.90 Å². The standard InChI is InChI=1S/C16H20FNO2/c1-4-12(3)18(5-2)16(20)14-9-8-13(7-6-10-19)11-15(14)17/h8-9,11-12,19H,4-5,10H2,1-3H3. The maximum atomic E-state index is 14.0. The molecule has 3 nitrogen and oxygen atoms in total. The molecule has 0 fully saturated rings. The molecule has 0 aliphatic carbocycles. The van der Waals surface area contributed by atoms with Gasteiger partial charge in [0.15, 0.2) is 0 Å². The molecule has 0 spiro atoms. The summed E-state index contributed by atoms with van der Waals surface area (Å²) in [5.41, 5.74) is 0.501. The van der Waals surface area contributed by atoms with Gasteiger partial charge in [0.25, 0.3) is 5.91 Å². The molecule has 1 amide bonds. The summed E-state index contributed by atoms with van der Waals surface area (Å²) in [4.78, 5) is 14.0. The zero-order valence-corrected chi connectivity index (χ0v) is 12.1. The Kier molecular flexibility index (Phi) is 6.20. The van der Waals surface area contributed by atoms with Crippen molar-refractivity contribution in [3.63, 3.8) is 0 Å². The van der Waals surface area contributed by atoms with E-state index in [1.165, 1.54) is 12.1 Å². The van der Waals surface area contributed by atoms with Crippen LogP contribution in [0.2, 0.25) is 0 Å². The van der Waals surface area contributed by atoms with Crippen molar-refractivity contribution in [2.45, 2.75) is 33.2 Å². The van der Waals surface area contributed by atoms with Crippen LogP contribution in [0.4, 0.5) is 4.39 Å². The summed E-state index contributed by atoms with van der Waals surface area (Å²) < 4.78 is 14.0. The Balaban J connectivity index is 3.04. The first-order valence-electron chi connectivity index (χ1n) is 6.75. The van der Waals surface area contributed by atoms with E-state index in [-0.39, 0.29) is 24.1 Å². The molecule has 0 aliphatic heterocycles. The van der Waals surface area contributed by atoms with Gasteiger partial charge in [-0.05, 0) is 38.5 Å². The lowest BCUT2D eigenvalue weighted by atomic mass is 10.1. The minimum atomic E-state index is -0.582. The predicted molar refractivity (Wildman–Crippen MR) is 76.8 cm³/mol. The second-order valence-electron chi connectivity index (χ2n) is 4.50. The third-order valence-electron chi connectivity index (χ3n) is 3.24. The molecule has 0 aliphatic rings. The monoisotopic (exact) mass is 277 g/mol. The number of aliphatic hydroxyl groups is 1. The van der Waals surface area contributed by atoms with Crippen LogP contribution in [-0.4, -0.2) is 35.1 Å². The average Bonchev–Trinajstić information content (AvgIpc) is 2.45. The van der Waals surface area contributed by atoms with Crippen LogP contribution in [0.25, 0.3) is 0 Å². The largest absolute Gasteiger partial charge is 0.384 e. The van der Waals surface area contributed by atoms with Gasteiger partial charge in [-0.3, -0.25) is 4.79 Å². The summed E-state index contributed by atoms with van der Waals surface area (Å²) in [7, 11) is 0. The Morgan fingerprint density at radius 2 is 2.15 bits per heavy atom. The minimum absolute atomic E-state index is 0.0571. The van der Waals surface area contributed by atoms with Gasteiger partial charge in [-0.1, -0.05) is 18.8 Å². The molecular formula is C16H20FNO2. The van der Waals surface area contributed by atoms with Crippen molar-refractivity contribution in [2.75, 3.05) is 13.2 Å². The molecule has 1 N–H and O–H groups in total. The van der Waals surface area contributed by atoms with E-state index < -0.39 is 5.82 Å². The topological polar surface area (TPSA) is 40.5 Å². The number of nitrogens with zero attached hydrogens (tertiary/aromatic N) is 1. The molecule has 0 heterocycles. The highest BCUT2D eigenvalue weighted by Gasteiger charge is 2.21. The first-order valence-corrected chi connectivity index (χ1v) is 6.75. The van der Waals surface area contributed by atoms with Crippen LogP contribution in [0, 0.1) is 17.7 Å². The fraction of sp³-hybridized carbons (Fsp3) is 0.438. The second kappa shape index (κ2) is 7.66. The van der Waals surface area contributed by atoms with Gasteiger partial charge < -0.3 is 10.0 Å². The van der Waals surface area contributed by atoms with Crippen molar-refractivity contribution in [2.24, 2.45) is 0 Å². The third kappa shape index (κ3) is 3.82. The van der Waals surface area contributed by atoms with E-state index in [0.717, 1.165) is 6.42 Å². The Hall–Kier alpha value is -1.86. The lowest BCUT2D eigenvalue weighted by molar-refractivity contribution is 0.0695. The zero-order valence-electron chi connectivity index (χ0n) is 12.1. The molecule has 1 aromatic rings. The summed E-state index contributed by atoms with van der Waals surface area (Å²) >= 11 is 0. The molecule has 108 valence electrons. The van der Waals surface area contributed by atoms with Gasteiger partial charge in [0, 0.05) is 18.2 Å². The maximum Gasteiger partial charge on any atom is 0.257 e. The number of halogens is 1. The van der Waals surface area contributed by atoms with Gasteiger partial charge in [0.05, 0.1) is 5.56 Å². The summed E-state index contributed by atoms with van der Waals surface area (Å²) in [6.07, 6.45) is 0.821.